The standard InChI is InChI=1S/C18H24F3N3O4/c1-17(2,3)28-16(27)23-11-4-5-24(9-11)8-10-6-14(22)12(15(25)26)7-13(10)18(19,20)21/h6-7,11H,4-5,8-9,22H2,1-3H3,(H,23,27)(H,25,26). The number of amides is 1. The maximum Gasteiger partial charge on any atom is 0.416 e. The monoisotopic (exact) mass is 403 g/mol. The van der Waals surface area contributed by atoms with Gasteiger partial charge in [0.2, 0.25) is 0 Å². The zero-order valence-electron chi connectivity index (χ0n) is 15.9. The maximum atomic E-state index is 13.4. The van der Waals surface area contributed by atoms with Crippen molar-refractivity contribution in [2.45, 2.75) is 51.6 Å². The Morgan fingerprint density at radius 1 is 1.32 bits per heavy atom. The summed E-state index contributed by atoms with van der Waals surface area (Å²) < 4.78 is 45.3. The molecule has 1 amide bonds. The Balaban J connectivity index is 2.11. The van der Waals surface area contributed by atoms with Crippen LogP contribution in [0.5, 0.6) is 0 Å². The number of halogens is 3. The van der Waals surface area contributed by atoms with E-state index in [1.54, 1.807) is 25.7 Å². The minimum atomic E-state index is -4.71. The molecule has 1 aromatic carbocycles. The molecule has 0 aliphatic carbocycles. The molecule has 1 unspecified atom stereocenters. The smallest absolute Gasteiger partial charge is 0.416 e. The number of rotatable bonds is 4. The van der Waals surface area contributed by atoms with Gasteiger partial charge in [0, 0.05) is 31.4 Å². The van der Waals surface area contributed by atoms with Gasteiger partial charge in [0.05, 0.1) is 11.1 Å². The van der Waals surface area contributed by atoms with Crippen molar-refractivity contribution in [1.82, 2.24) is 10.2 Å². The Morgan fingerprint density at radius 2 is 1.96 bits per heavy atom. The molecular weight excluding hydrogens is 379 g/mol. The molecule has 1 saturated heterocycles. The molecule has 1 aliphatic rings. The number of carboxylic acid groups (broad SMARTS) is 1. The number of nitrogens with zero attached hydrogens (tertiary/aromatic N) is 1. The first-order chi connectivity index (χ1) is 12.8. The molecule has 2 rings (SSSR count). The van der Waals surface area contributed by atoms with Gasteiger partial charge >= 0.3 is 18.2 Å². The number of benzene rings is 1. The van der Waals surface area contributed by atoms with Crippen LogP contribution in [0.3, 0.4) is 0 Å². The number of nitrogens with two attached hydrogens (primary N) is 1. The van der Waals surface area contributed by atoms with Gasteiger partial charge in [-0.1, -0.05) is 0 Å². The molecule has 0 bridgehead atoms. The van der Waals surface area contributed by atoms with Gasteiger partial charge in [0.25, 0.3) is 0 Å². The summed E-state index contributed by atoms with van der Waals surface area (Å²) in [5.41, 5.74) is 3.04. The fourth-order valence-corrected chi connectivity index (χ4v) is 3.05. The summed E-state index contributed by atoms with van der Waals surface area (Å²) in [6.45, 7) is 5.95. The van der Waals surface area contributed by atoms with E-state index in [-0.39, 0.29) is 23.8 Å². The van der Waals surface area contributed by atoms with Crippen LogP contribution in [-0.4, -0.2) is 46.8 Å². The number of hydrogen-bond acceptors (Lipinski definition) is 5. The highest BCUT2D eigenvalue weighted by Crippen LogP contribution is 2.35. The lowest BCUT2D eigenvalue weighted by molar-refractivity contribution is -0.138. The Kier molecular flexibility index (Phi) is 6.12. The van der Waals surface area contributed by atoms with Crippen LogP contribution in [0.15, 0.2) is 12.1 Å². The molecular formula is C18H24F3N3O4. The lowest BCUT2D eigenvalue weighted by atomic mass is 10.0. The number of alkyl carbamates (subject to hydrolysis) is 1. The Morgan fingerprint density at radius 3 is 2.50 bits per heavy atom. The second-order valence-electron chi connectivity index (χ2n) is 7.77. The predicted octanol–water partition coefficient (Wildman–Crippen LogP) is 3.08. The summed E-state index contributed by atoms with van der Waals surface area (Å²) in [7, 11) is 0. The number of alkyl halides is 3. The first kappa shape index (κ1) is 21.8. The van der Waals surface area contributed by atoms with Crippen LogP contribution < -0.4 is 11.1 Å². The van der Waals surface area contributed by atoms with Crippen molar-refractivity contribution in [2.75, 3.05) is 18.8 Å². The third-order valence-corrected chi connectivity index (χ3v) is 4.20. The van der Waals surface area contributed by atoms with Crippen molar-refractivity contribution in [3.05, 3.63) is 28.8 Å². The number of carbonyl (C=O) groups excluding carboxylic acids is 1. The van der Waals surface area contributed by atoms with Gasteiger partial charge in [-0.05, 0) is 44.9 Å². The third kappa shape index (κ3) is 5.75. The highest BCUT2D eigenvalue weighted by atomic mass is 19.4. The largest absolute Gasteiger partial charge is 0.478 e. The number of nitrogen functional groups attached to an aromatic ring is 1. The first-order valence-corrected chi connectivity index (χ1v) is 8.71. The Labute approximate surface area is 160 Å². The lowest BCUT2D eigenvalue weighted by Gasteiger charge is -2.22. The number of aromatic carboxylic acids is 1. The van der Waals surface area contributed by atoms with Crippen LogP contribution in [0.2, 0.25) is 0 Å². The zero-order chi connectivity index (χ0) is 21.3. The Hall–Kier alpha value is -2.49. The van der Waals surface area contributed by atoms with E-state index in [0.717, 1.165) is 6.07 Å². The van der Waals surface area contributed by atoms with Gasteiger partial charge in [-0.25, -0.2) is 9.59 Å². The van der Waals surface area contributed by atoms with E-state index in [1.807, 2.05) is 0 Å². The summed E-state index contributed by atoms with van der Waals surface area (Å²) in [4.78, 5) is 24.7. The number of carbonyl (C=O) groups is 2. The normalized spacial score (nSPS) is 18.1. The molecule has 7 nitrogen and oxygen atoms in total. The number of hydrogen-bond donors (Lipinski definition) is 3. The molecule has 1 aromatic rings. The van der Waals surface area contributed by atoms with Crippen molar-refractivity contribution in [1.29, 1.82) is 0 Å². The lowest BCUT2D eigenvalue weighted by Crippen LogP contribution is -2.40. The number of nitrogens with one attached hydrogen (secondary N) is 1. The summed E-state index contributed by atoms with van der Waals surface area (Å²) >= 11 is 0. The number of ether oxygens (including phenoxy) is 1. The third-order valence-electron chi connectivity index (χ3n) is 4.20. The topological polar surface area (TPSA) is 105 Å². The van der Waals surface area contributed by atoms with Crippen LogP contribution >= 0.6 is 0 Å². The SMILES string of the molecule is CC(C)(C)OC(=O)NC1CCN(Cc2cc(N)c(C(=O)O)cc2C(F)(F)F)C1. The molecule has 0 radical (unpaired) electrons. The van der Waals surface area contributed by atoms with E-state index in [1.165, 1.54) is 0 Å². The van der Waals surface area contributed by atoms with Crippen molar-refractivity contribution in [3.63, 3.8) is 0 Å². The van der Waals surface area contributed by atoms with Crippen LogP contribution in [0.4, 0.5) is 23.7 Å². The molecule has 0 saturated carbocycles. The van der Waals surface area contributed by atoms with Gasteiger partial charge in [-0.2, -0.15) is 13.2 Å². The summed E-state index contributed by atoms with van der Waals surface area (Å²) in [6.07, 6.45) is -4.73. The van der Waals surface area contributed by atoms with E-state index in [4.69, 9.17) is 15.6 Å². The molecule has 1 aliphatic heterocycles. The second kappa shape index (κ2) is 7.86. The number of anilines is 1. The predicted molar refractivity (Wildman–Crippen MR) is 95.9 cm³/mol. The average Bonchev–Trinajstić information content (AvgIpc) is 2.90. The maximum absolute atomic E-state index is 13.4. The van der Waals surface area contributed by atoms with Crippen molar-refractivity contribution >= 4 is 17.7 Å². The summed E-state index contributed by atoms with van der Waals surface area (Å²) in [5.74, 6) is -1.52. The Bertz CT molecular complexity index is 760. The summed E-state index contributed by atoms with van der Waals surface area (Å²) in [5, 5.41) is 11.7. The molecule has 10 heteroatoms. The molecule has 28 heavy (non-hydrogen) atoms. The summed E-state index contributed by atoms with van der Waals surface area (Å²) in [6, 6.07) is 1.38. The van der Waals surface area contributed by atoms with Gasteiger partial charge < -0.3 is 20.9 Å². The molecule has 4 N–H and O–H groups in total. The fraction of sp³-hybridized carbons (Fsp3) is 0.556. The second-order valence-corrected chi connectivity index (χ2v) is 7.77. The molecule has 156 valence electrons. The van der Waals surface area contributed by atoms with Crippen molar-refractivity contribution < 1.29 is 32.6 Å². The minimum absolute atomic E-state index is 0.0640. The van der Waals surface area contributed by atoms with Gasteiger partial charge in [0.1, 0.15) is 5.60 Å². The van der Waals surface area contributed by atoms with E-state index < -0.39 is 35.0 Å². The fourth-order valence-electron chi connectivity index (χ4n) is 3.05. The number of carboxylic acids is 1. The zero-order valence-corrected chi connectivity index (χ0v) is 15.9. The molecule has 0 spiro atoms. The van der Waals surface area contributed by atoms with E-state index in [9.17, 15) is 22.8 Å². The van der Waals surface area contributed by atoms with Gasteiger partial charge in [0.15, 0.2) is 0 Å². The van der Waals surface area contributed by atoms with E-state index >= 15 is 0 Å². The highest BCUT2D eigenvalue weighted by molar-refractivity contribution is 5.94. The number of likely N-dealkylation sites (tertiary alicyclic amines) is 1. The highest BCUT2D eigenvalue weighted by Gasteiger charge is 2.36. The van der Waals surface area contributed by atoms with Crippen molar-refractivity contribution in [3.8, 4) is 0 Å². The quantitative estimate of drug-likeness (QED) is 0.668. The average molecular weight is 403 g/mol. The van der Waals surface area contributed by atoms with Crippen LogP contribution in [-0.2, 0) is 17.5 Å². The first-order valence-electron chi connectivity index (χ1n) is 8.71. The van der Waals surface area contributed by atoms with Crippen LogP contribution in [0, 0.1) is 0 Å². The van der Waals surface area contributed by atoms with Crippen LogP contribution in [0.1, 0.15) is 48.7 Å². The van der Waals surface area contributed by atoms with Crippen molar-refractivity contribution in [2.24, 2.45) is 0 Å². The molecule has 0 aromatic heterocycles. The van der Waals surface area contributed by atoms with E-state index in [2.05, 4.69) is 5.32 Å². The van der Waals surface area contributed by atoms with Gasteiger partial charge in [-0.3, -0.25) is 4.90 Å². The molecule has 1 fully saturated rings. The minimum Gasteiger partial charge on any atom is -0.478 e. The van der Waals surface area contributed by atoms with Gasteiger partial charge in [-0.15, -0.1) is 0 Å². The molecule has 1 atom stereocenters. The van der Waals surface area contributed by atoms with Crippen LogP contribution in [0.25, 0.3) is 0 Å². The molecule has 1 heterocycles. The van der Waals surface area contributed by atoms with E-state index in [0.29, 0.717) is 25.6 Å².